The summed E-state index contributed by atoms with van der Waals surface area (Å²) in [4.78, 5) is 6.05. The van der Waals surface area contributed by atoms with E-state index in [4.69, 9.17) is 0 Å². The maximum atomic E-state index is 13.6. The number of piperidine rings is 1. The monoisotopic (exact) mass is 433 g/mol. The van der Waals surface area contributed by atoms with Gasteiger partial charge in [0, 0.05) is 34.7 Å². The number of aromatic nitrogens is 1. The van der Waals surface area contributed by atoms with Crippen molar-refractivity contribution in [2.75, 3.05) is 13.1 Å². The van der Waals surface area contributed by atoms with Crippen molar-refractivity contribution in [1.82, 2.24) is 15.2 Å². The van der Waals surface area contributed by atoms with Crippen LogP contribution in [0.25, 0.3) is 22.2 Å². The van der Waals surface area contributed by atoms with Gasteiger partial charge in [0.25, 0.3) is 0 Å². The van der Waals surface area contributed by atoms with Crippen molar-refractivity contribution in [2.45, 2.75) is 76.4 Å². The third-order valence-corrected chi connectivity index (χ3v) is 7.71. The molecule has 2 aliphatic rings. The van der Waals surface area contributed by atoms with Gasteiger partial charge in [-0.15, -0.1) is 0 Å². The van der Waals surface area contributed by atoms with E-state index in [-0.39, 0.29) is 5.82 Å². The molecule has 1 aromatic heterocycles. The average Bonchev–Trinajstić information content (AvgIpc) is 3.23. The first-order valence-electron chi connectivity index (χ1n) is 12.4. The molecule has 170 valence electrons. The Labute approximate surface area is 191 Å². The first kappa shape index (κ1) is 21.7. The number of likely N-dealkylation sites (tertiary alicyclic amines) is 1. The highest BCUT2D eigenvalue weighted by molar-refractivity contribution is 5.85. The van der Waals surface area contributed by atoms with Crippen LogP contribution in [0.4, 0.5) is 4.39 Å². The van der Waals surface area contributed by atoms with Gasteiger partial charge < -0.3 is 15.2 Å². The van der Waals surface area contributed by atoms with Crippen LogP contribution < -0.4 is 5.32 Å². The number of aromatic amines is 1. The highest BCUT2D eigenvalue weighted by Gasteiger charge is 2.27. The van der Waals surface area contributed by atoms with Crippen molar-refractivity contribution in [3.8, 4) is 11.3 Å². The third kappa shape index (κ3) is 4.77. The van der Waals surface area contributed by atoms with Crippen LogP contribution in [0.1, 0.15) is 63.9 Å². The zero-order chi connectivity index (χ0) is 22.1. The lowest BCUT2D eigenvalue weighted by atomic mass is 9.81. The molecule has 1 aliphatic carbocycles. The first-order chi connectivity index (χ1) is 15.5. The standard InChI is InChI=1S/C28H36FN3/c1-19(2)32-14-12-26(13-15-32)30-25-9-6-20(7-10-25)21-4-3-5-22(16-21)28-18-23-17-24(29)8-11-27(23)31-28/h3-5,8,11,16-20,25-26,30-31H,6-7,9-10,12-15H2,1-2H3/t20-,25-. The summed E-state index contributed by atoms with van der Waals surface area (Å²) in [6.07, 6.45) is 7.62. The summed E-state index contributed by atoms with van der Waals surface area (Å²) < 4.78 is 13.6. The summed E-state index contributed by atoms with van der Waals surface area (Å²) in [6, 6.07) is 18.0. The molecule has 32 heavy (non-hydrogen) atoms. The van der Waals surface area contributed by atoms with E-state index in [1.54, 1.807) is 6.07 Å². The molecule has 5 rings (SSSR count). The number of hydrogen-bond donors (Lipinski definition) is 2. The van der Waals surface area contributed by atoms with Gasteiger partial charge in [0.15, 0.2) is 0 Å². The van der Waals surface area contributed by atoms with Crippen molar-refractivity contribution >= 4 is 10.9 Å². The largest absolute Gasteiger partial charge is 0.355 e. The van der Waals surface area contributed by atoms with Crippen molar-refractivity contribution in [3.05, 3.63) is 59.9 Å². The highest BCUT2D eigenvalue weighted by atomic mass is 19.1. The fourth-order valence-electron chi connectivity index (χ4n) is 5.73. The van der Waals surface area contributed by atoms with Gasteiger partial charge >= 0.3 is 0 Å². The smallest absolute Gasteiger partial charge is 0.123 e. The Morgan fingerprint density at radius 3 is 2.41 bits per heavy atom. The van der Waals surface area contributed by atoms with E-state index in [0.717, 1.165) is 16.6 Å². The van der Waals surface area contributed by atoms with Crippen LogP contribution in [0.3, 0.4) is 0 Å². The molecule has 0 unspecified atom stereocenters. The Hall–Kier alpha value is -2.17. The molecule has 1 saturated heterocycles. The molecule has 2 N–H and O–H groups in total. The van der Waals surface area contributed by atoms with Crippen LogP contribution >= 0.6 is 0 Å². The van der Waals surface area contributed by atoms with E-state index in [1.807, 2.05) is 6.07 Å². The number of fused-ring (bicyclic) bond motifs is 1. The number of nitrogens with zero attached hydrogens (tertiary/aromatic N) is 1. The SMILES string of the molecule is CC(C)N1CCC(N[C@H]2CC[C@H](c3cccc(-c4cc5cc(F)ccc5[nH]4)c3)CC2)CC1. The van der Waals surface area contributed by atoms with E-state index >= 15 is 0 Å². The van der Waals surface area contributed by atoms with Gasteiger partial charge in [0.1, 0.15) is 5.82 Å². The second-order valence-electron chi connectivity index (χ2n) is 10.2. The van der Waals surface area contributed by atoms with Crippen molar-refractivity contribution in [2.24, 2.45) is 0 Å². The molecule has 0 radical (unpaired) electrons. The molecule has 0 amide bonds. The van der Waals surface area contributed by atoms with Crippen LogP contribution in [0, 0.1) is 5.82 Å². The summed E-state index contributed by atoms with van der Waals surface area (Å²) in [5.74, 6) is 0.449. The molecule has 3 aromatic rings. The Bertz CT molecular complexity index is 1040. The lowest BCUT2D eigenvalue weighted by Crippen LogP contribution is -2.48. The number of nitrogens with one attached hydrogen (secondary N) is 2. The molecule has 0 bridgehead atoms. The Kier molecular flexibility index (Phi) is 6.34. The van der Waals surface area contributed by atoms with Crippen LogP contribution in [-0.2, 0) is 0 Å². The number of halogens is 1. The molecular formula is C28H36FN3. The van der Waals surface area contributed by atoms with Gasteiger partial charge in [-0.1, -0.05) is 18.2 Å². The third-order valence-electron chi connectivity index (χ3n) is 7.71. The van der Waals surface area contributed by atoms with Gasteiger partial charge in [-0.05, 0) is 113 Å². The molecule has 4 heteroatoms. The van der Waals surface area contributed by atoms with E-state index in [0.29, 0.717) is 24.0 Å². The first-order valence-corrected chi connectivity index (χ1v) is 12.4. The minimum atomic E-state index is -0.187. The molecule has 0 atom stereocenters. The maximum absolute atomic E-state index is 13.6. The molecule has 1 saturated carbocycles. The van der Waals surface area contributed by atoms with Gasteiger partial charge in [-0.25, -0.2) is 4.39 Å². The molecule has 3 nitrogen and oxygen atoms in total. The van der Waals surface area contributed by atoms with Gasteiger partial charge in [0.2, 0.25) is 0 Å². The summed E-state index contributed by atoms with van der Waals surface area (Å²) in [6.45, 7) is 7.08. The molecular weight excluding hydrogens is 397 g/mol. The molecule has 0 spiro atoms. The van der Waals surface area contributed by atoms with E-state index in [2.05, 4.69) is 59.4 Å². The second kappa shape index (κ2) is 9.36. The normalized spacial score (nSPS) is 23.2. The summed E-state index contributed by atoms with van der Waals surface area (Å²) in [5, 5.41) is 4.91. The fourth-order valence-corrected chi connectivity index (χ4v) is 5.73. The molecule has 1 aliphatic heterocycles. The number of hydrogen-bond acceptors (Lipinski definition) is 2. The molecule has 2 heterocycles. The zero-order valence-corrected chi connectivity index (χ0v) is 19.4. The van der Waals surface area contributed by atoms with Crippen molar-refractivity contribution < 1.29 is 4.39 Å². The summed E-state index contributed by atoms with van der Waals surface area (Å²) in [5.41, 5.74) is 4.68. The Morgan fingerprint density at radius 2 is 1.66 bits per heavy atom. The van der Waals surface area contributed by atoms with Gasteiger partial charge in [-0.2, -0.15) is 0 Å². The van der Waals surface area contributed by atoms with Crippen LogP contribution in [0.2, 0.25) is 0 Å². The summed E-state index contributed by atoms with van der Waals surface area (Å²) >= 11 is 0. The van der Waals surface area contributed by atoms with Gasteiger partial charge in [-0.3, -0.25) is 0 Å². The highest BCUT2D eigenvalue weighted by Crippen LogP contribution is 2.35. The predicted molar refractivity (Wildman–Crippen MR) is 132 cm³/mol. The lowest BCUT2D eigenvalue weighted by molar-refractivity contribution is 0.151. The minimum Gasteiger partial charge on any atom is -0.355 e. The van der Waals surface area contributed by atoms with E-state index < -0.39 is 0 Å². The van der Waals surface area contributed by atoms with Crippen LogP contribution in [0.15, 0.2) is 48.5 Å². The quantitative estimate of drug-likeness (QED) is 0.484. The second-order valence-corrected chi connectivity index (χ2v) is 10.2. The number of rotatable bonds is 5. The summed E-state index contributed by atoms with van der Waals surface area (Å²) in [7, 11) is 0. The molecule has 2 aromatic carbocycles. The number of benzene rings is 2. The van der Waals surface area contributed by atoms with Crippen LogP contribution in [-0.4, -0.2) is 41.1 Å². The topological polar surface area (TPSA) is 31.1 Å². The Balaban J connectivity index is 1.19. The Morgan fingerprint density at radius 1 is 0.906 bits per heavy atom. The fraction of sp³-hybridized carbons (Fsp3) is 0.500. The van der Waals surface area contributed by atoms with E-state index in [9.17, 15) is 4.39 Å². The minimum absolute atomic E-state index is 0.187. The van der Waals surface area contributed by atoms with Crippen molar-refractivity contribution in [3.63, 3.8) is 0 Å². The van der Waals surface area contributed by atoms with Crippen LogP contribution in [0.5, 0.6) is 0 Å². The zero-order valence-electron chi connectivity index (χ0n) is 19.4. The van der Waals surface area contributed by atoms with E-state index in [1.165, 1.54) is 68.8 Å². The van der Waals surface area contributed by atoms with Crippen molar-refractivity contribution in [1.29, 1.82) is 0 Å². The lowest BCUT2D eigenvalue weighted by Gasteiger charge is -2.38. The van der Waals surface area contributed by atoms with Gasteiger partial charge in [0.05, 0.1) is 0 Å². The maximum Gasteiger partial charge on any atom is 0.123 e. The average molecular weight is 434 g/mol. The number of H-pyrrole nitrogens is 1. The molecule has 2 fully saturated rings. The predicted octanol–water partition coefficient (Wildman–Crippen LogP) is 6.46.